The van der Waals surface area contributed by atoms with Gasteiger partial charge in [-0.15, -0.1) is 11.3 Å². The van der Waals surface area contributed by atoms with E-state index in [4.69, 9.17) is 9.97 Å². The normalized spacial score (nSPS) is 19.4. The van der Waals surface area contributed by atoms with Gasteiger partial charge in [0.2, 0.25) is 0 Å². The Hall–Kier alpha value is -3.10. The molecule has 4 aromatic heterocycles. The Bertz CT molecular complexity index is 1240. The summed E-state index contributed by atoms with van der Waals surface area (Å²) in [4.78, 5) is 23.5. The van der Waals surface area contributed by atoms with Gasteiger partial charge < -0.3 is 10.2 Å². The predicted octanol–water partition coefficient (Wildman–Crippen LogP) is 4.73. The average Bonchev–Trinajstić information content (AvgIpc) is 3.21. The fraction of sp³-hybridized carbons (Fsp3) is 0.333. The van der Waals surface area contributed by atoms with Gasteiger partial charge in [0.15, 0.2) is 0 Å². The van der Waals surface area contributed by atoms with Gasteiger partial charge in [-0.2, -0.15) is 0 Å². The maximum Gasteiger partial charge on any atom is 0.143 e. The van der Waals surface area contributed by atoms with Gasteiger partial charge in [-0.1, -0.05) is 12.1 Å². The number of hydrogen-bond donors (Lipinski definition) is 1. The molecule has 0 aliphatic carbocycles. The molecule has 5 rings (SSSR count). The molecule has 0 saturated carbocycles. The molecule has 0 amide bonds. The monoisotopic (exact) mass is 445 g/mol. The van der Waals surface area contributed by atoms with E-state index in [1.165, 1.54) is 0 Å². The van der Waals surface area contributed by atoms with Crippen LogP contribution in [-0.2, 0) is 0 Å². The summed E-state index contributed by atoms with van der Waals surface area (Å²) in [7, 11) is 2.19. The first-order valence-electron chi connectivity index (χ1n) is 10.9. The van der Waals surface area contributed by atoms with Crippen molar-refractivity contribution < 1.29 is 0 Å². The molecular weight excluding hydrogens is 418 g/mol. The van der Waals surface area contributed by atoms with Crippen LogP contribution in [0, 0.1) is 6.92 Å². The molecule has 32 heavy (non-hydrogen) atoms. The Morgan fingerprint density at radius 1 is 1.00 bits per heavy atom. The molecule has 0 unspecified atom stereocenters. The van der Waals surface area contributed by atoms with Crippen molar-refractivity contribution in [2.45, 2.75) is 32.9 Å². The highest BCUT2D eigenvalue weighted by atomic mass is 32.1. The van der Waals surface area contributed by atoms with E-state index in [-0.39, 0.29) is 0 Å². The maximum atomic E-state index is 4.86. The first-order valence-corrected chi connectivity index (χ1v) is 11.7. The van der Waals surface area contributed by atoms with Gasteiger partial charge in [0.05, 0.1) is 10.2 Å². The minimum atomic E-state index is 0.489. The molecule has 0 aromatic carbocycles. The number of fused-ring (bicyclic) bond motifs is 1. The Morgan fingerprint density at radius 2 is 1.81 bits per heavy atom. The lowest BCUT2D eigenvalue weighted by atomic mass is 10.1. The fourth-order valence-corrected chi connectivity index (χ4v) is 5.08. The average molecular weight is 446 g/mol. The molecule has 4 aromatic rings. The van der Waals surface area contributed by atoms with Crippen molar-refractivity contribution in [2.24, 2.45) is 0 Å². The predicted molar refractivity (Wildman–Crippen MR) is 132 cm³/mol. The first kappa shape index (κ1) is 20.8. The smallest absolute Gasteiger partial charge is 0.143 e. The van der Waals surface area contributed by atoms with Crippen molar-refractivity contribution in [2.75, 3.05) is 30.4 Å². The van der Waals surface area contributed by atoms with E-state index in [0.717, 1.165) is 57.0 Å². The lowest BCUT2D eigenvalue weighted by Crippen LogP contribution is -2.55. The van der Waals surface area contributed by atoms with Crippen LogP contribution in [0.5, 0.6) is 0 Å². The van der Waals surface area contributed by atoms with Crippen LogP contribution < -0.4 is 10.2 Å². The fourth-order valence-electron chi connectivity index (χ4n) is 4.11. The lowest BCUT2D eigenvalue weighted by molar-refractivity contribution is 0.169. The zero-order chi connectivity index (χ0) is 22.2. The van der Waals surface area contributed by atoms with E-state index in [2.05, 4.69) is 65.0 Å². The molecular formula is C24H27N7S. The van der Waals surface area contributed by atoms with Crippen molar-refractivity contribution in [3.63, 3.8) is 0 Å². The quantitative estimate of drug-likeness (QED) is 0.487. The summed E-state index contributed by atoms with van der Waals surface area (Å²) in [6.07, 6.45) is 3.67. The van der Waals surface area contributed by atoms with Gasteiger partial charge >= 0.3 is 0 Å². The lowest BCUT2D eigenvalue weighted by Gasteiger charge is -2.43. The van der Waals surface area contributed by atoms with Crippen molar-refractivity contribution in [1.82, 2.24) is 24.8 Å². The molecule has 2 atom stereocenters. The molecule has 8 heteroatoms. The van der Waals surface area contributed by atoms with Crippen LogP contribution in [0.2, 0.25) is 0 Å². The van der Waals surface area contributed by atoms with Gasteiger partial charge in [-0.3, -0.25) is 9.88 Å². The summed E-state index contributed by atoms with van der Waals surface area (Å²) in [5.74, 6) is 2.51. The number of thiazole rings is 1. The summed E-state index contributed by atoms with van der Waals surface area (Å²) in [6, 6.07) is 13.0. The molecule has 1 aliphatic rings. The zero-order valence-electron chi connectivity index (χ0n) is 18.8. The van der Waals surface area contributed by atoms with E-state index < -0.39 is 0 Å². The van der Waals surface area contributed by atoms with E-state index in [1.54, 1.807) is 17.5 Å². The van der Waals surface area contributed by atoms with Gasteiger partial charge in [0.1, 0.15) is 28.2 Å². The van der Waals surface area contributed by atoms with Crippen molar-refractivity contribution in [3.8, 4) is 10.7 Å². The molecule has 1 aliphatic heterocycles. The zero-order valence-corrected chi connectivity index (χ0v) is 19.6. The van der Waals surface area contributed by atoms with Crippen molar-refractivity contribution >= 4 is 39.0 Å². The highest BCUT2D eigenvalue weighted by molar-refractivity contribution is 7.21. The molecule has 1 fully saturated rings. The molecule has 1 saturated heterocycles. The van der Waals surface area contributed by atoms with E-state index in [0.29, 0.717) is 12.1 Å². The third-order valence-electron chi connectivity index (χ3n) is 6.16. The van der Waals surface area contributed by atoms with Gasteiger partial charge in [0, 0.05) is 43.6 Å². The molecule has 0 spiro atoms. The van der Waals surface area contributed by atoms with Crippen LogP contribution in [0.15, 0.2) is 48.8 Å². The first-order chi connectivity index (χ1) is 15.5. The van der Waals surface area contributed by atoms with Crippen LogP contribution in [-0.4, -0.2) is 57.1 Å². The van der Waals surface area contributed by atoms with Gasteiger partial charge in [0.25, 0.3) is 0 Å². The molecule has 164 valence electrons. The SMILES string of the molecule is Cc1cccnc1-c1nc2cc(Nc3cccc(N4C[C@@H](C)N(C)[C@@H](C)C4)n3)ncc2s1. The Balaban J connectivity index is 1.38. The van der Waals surface area contributed by atoms with Crippen molar-refractivity contribution in [1.29, 1.82) is 0 Å². The highest BCUT2D eigenvalue weighted by Crippen LogP contribution is 2.31. The molecule has 0 bridgehead atoms. The Morgan fingerprint density at radius 3 is 2.59 bits per heavy atom. The van der Waals surface area contributed by atoms with Crippen LogP contribution in [0.1, 0.15) is 19.4 Å². The number of piperazine rings is 1. The number of aromatic nitrogens is 4. The number of anilines is 3. The number of hydrogen-bond acceptors (Lipinski definition) is 8. The highest BCUT2D eigenvalue weighted by Gasteiger charge is 2.27. The number of rotatable bonds is 4. The van der Waals surface area contributed by atoms with Crippen molar-refractivity contribution in [3.05, 3.63) is 54.4 Å². The number of likely N-dealkylation sites (N-methyl/N-ethyl adjacent to an activating group) is 1. The second-order valence-corrected chi connectivity index (χ2v) is 9.53. The van der Waals surface area contributed by atoms with Gasteiger partial charge in [-0.05, 0) is 51.6 Å². The summed E-state index contributed by atoms with van der Waals surface area (Å²) in [5, 5.41) is 4.27. The topological polar surface area (TPSA) is 70.1 Å². The summed E-state index contributed by atoms with van der Waals surface area (Å²) >= 11 is 1.61. The Kier molecular flexibility index (Phi) is 5.48. The second kappa shape index (κ2) is 8.44. The third-order valence-corrected chi connectivity index (χ3v) is 7.17. The number of aryl methyl sites for hydroxylation is 1. The molecule has 0 radical (unpaired) electrons. The van der Waals surface area contributed by atoms with Crippen LogP contribution >= 0.6 is 11.3 Å². The van der Waals surface area contributed by atoms with E-state index in [1.807, 2.05) is 30.5 Å². The third kappa shape index (κ3) is 4.03. The second-order valence-electron chi connectivity index (χ2n) is 8.50. The number of pyridine rings is 3. The molecule has 1 N–H and O–H groups in total. The molecule has 5 heterocycles. The van der Waals surface area contributed by atoms with E-state index in [9.17, 15) is 0 Å². The van der Waals surface area contributed by atoms with E-state index >= 15 is 0 Å². The summed E-state index contributed by atoms with van der Waals surface area (Å²) in [6.45, 7) is 8.52. The summed E-state index contributed by atoms with van der Waals surface area (Å²) < 4.78 is 1.04. The standard InChI is InChI=1S/C24H27N7S/c1-15-7-6-10-25-23(15)24-27-18-11-21(26-12-19(18)32-24)28-20-8-5-9-22(29-20)31-13-16(2)30(4)17(3)14-31/h5-12,16-17H,13-14H2,1-4H3,(H,26,28,29)/t16-,17+. The minimum Gasteiger partial charge on any atom is -0.353 e. The minimum absolute atomic E-state index is 0.489. The number of nitrogens with one attached hydrogen (secondary N) is 1. The van der Waals surface area contributed by atoms with Crippen LogP contribution in [0.4, 0.5) is 17.5 Å². The summed E-state index contributed by atoms with van der Waals surface area (Å²) in [5.41, 5.74) is 2.95. The Labute approximate surface area is 192 Å². The van der Waals surface area contributed by atoms with Crippen LogP contribution in [0.3, 0.4) is 0 Å². The maximum absolute atomic E-state index is 4.86. The largest absolute Gasteiger partial charge is 0.353 e. The number of nitrogens with zero attached hydrogens (tertiary/aromatic N) is 6. The molecule has 7 nitrogen and oxygen atoms in total. The van der Waals surface area contributed by atoms with Crippen LogP contribution in [0.25, 0.3) is 20.9 Å². The van der Waals surface area contributed by atoms with Gasteiger partial charge in [-0.25, -0.2) is 15.0 Å².